The summed E-state index contributed by atoms with van der Waals surface area (Å²) in [6, 6.07) is 11.1. The zero-order valence-electron chi connectivity index (χ0n) is 15.4. The third-order valence-corrected chi connectivity index (χ3v) is 3.93. The summed E-state index contributed by atoms with van der Waals surface area (Å²) in [5.74, 6) is 1.36. The van der Waals surface area contributed by atoms with Gasteiger partial charge < -0.3 is 19.2 Å². The highest BCUT2D eigenvalue weighted by Gasteiger charge is 2.19. The predicted molar refractivity (Wildman–Crippen MR) is 97.9 cm³/mol. The van der Waals surface area contributed by atoms with E-state index in [1.807, 2.05) is 30.3 Å². The summed E-state index contributed by atoms with van der Waals surface area (Å²) in [5.41, 5.74) is 1.40. The Hall–Kier alpha value is -3.42. The molecule has 2 amide bonds. The summed E-state index contributed by atoms with van der Waals surface area (Å²) >= 11 is 0. The quantitative estimate of drug-likeness (QED) is 0.717. The van der Waals surface area contributed by atoms with Crippen molar-refractivity contribution < 1.29 is 18.5 Å². The van der Waals surface area contributed by atoms with Gasteiger partial charge in [0, 0.05) is 18.7 Å². The number of likely N-dealkylation sites (N-methyl/N-ethyl adjacent to an activating group) is 1. The van der Waals surface area contributed by atoms with Crippen LogP contribution in [-0.2, 0) is 16.0 Å². The number of carbonyl (C=O) groups excluding carboxylic acids is 2. The van der Waals surface area contributed by atoms with Crippen LogP contribution in [0.15, 0.2) is 45.3 Å². The van der Waals surface area contributed by atoms with Gasteiger partial charge in [0.05, 0.1) is 18.7 Å². The average Bonchev–Trinajstić information content (AvgIpc) is 3.21. The molecule has 0 saturated carbocycles. The number of carbonyl (C=O) groups is 2. The van der Waals surface area contributed by atoms with Crippen LogP contribution in [0.2, 0.25) is 0 Å². The number of amides is 2. The van der Waals surface area contributed by atoms with Gasteiger partial charge in [0.1, 0.15) is 11.5 Å². The molecule has 140 valence electrons. The lowest BCUT2D eigenvalue weighted by Crippen LogP contribution is -2.36. The first-order valence-corrected chi connectivity index (χ1v) is 8.41. The third kappa shape index (κ3) is 4.60. The molecule has 0 atom stereocenters. The number of benzene rings is 1. The first-order valence-electron chi connectivity index (χ1n) is 8.41. The zero-order chi connectivity index (χ0) is 19.4. The molecule has 2 heterocycles. The fourth-order valence-electron chi connectivity index (χ4n) is 2.49. The SMILES string of the molecule is Cc1cc(NC(=O)CN(C)C(=O)Cc2nc(-c3ccccc3)oc2C)no1. The van der Waals surface area contributed by atoms with Gasteiger partial charge in [-0.2, -0.15) is 0 Å². The number of aromatic nitrogens is 2. The highest BCUT2D eigenvalue weighted by Crippen LogP contribution is 2.21. The molecule has 0 fully saturated rings. The van der Waals surface area contributed by atoms with Crippen molar-refractivity contribution in [2.75, 3.05) is 18.9 Å². The number of nitrogens with one attached hydrogen (secondary N) is 1. The van der Waals surface area contributed by atoms with E-state index in [9.17, 15) is 9.59 Å². The van der Waals surface area contributed by atoms with Crippen LogP contribution in [0.3, 0.4) is 0 Å². The van der Waals surface area contributed by atoms with E-state index in [0.29, 0.717) is 28.9 Å². The Morgan fingerprint density at radius 1 is 1.19 bits per heavy atom. The second kappa shape index (κ2) is 7.86. The molecule has 0 aliphatic heterocycles. The van der Waals surface area contributed by atoms with E-state index in [-0.39, 0.29) is 24.8 Å². The van der Waals surface area contributed by atoms with Crippen LogP contribution in [0.1, 0.15) is 17.2 Å². The molecule has 8 nitrogen and oxygen atoms in total. The topological polar surface area (TPSA) is 101 Å². The molecule has 1 N–H and O–H groups in total. The standard InChI is InChI=1S/C19H20N4O4/c1-12-9-16(22-27-12)21-17(24)11-23(3)18(25)10-15-13(2)26-19(20-15)14-7-5-4-6-8-14/h4-9H,10-11H2,1-3H3,(H,21,22,24). The molecular weight excluding hydrogens is 348 g/mol. The van der Waals surface area contributed by atoms with Crippen molar-refractivity contribution in [2.24, 2.45) is 0 Å². The van der Waals surface area contributed by atoms with Gasteiger partial charge >= 0.3 is 0 Å². The van der Waals surface area contributed by atoms with Gasteiger partial charge in [0.25, 0.3) is 0 Å². The van der Waals surface area contributed by atoms with Crippen LogP contribution in [0, 0.1) is 13.8 Å². The van der Waals surface area contributed by atoms with Crippen molar-refractivity contribution in [3.05, 3.63) is 53.6 Å². The largest absolute Gasteiger partial charge is 0.441 e. The fraction of sp³-hybridized carbons (Fsp3) is 0.263. The van der Waals surface area contributed by atoms with Gasteiger partial charge in [-0.15, -0.1) is 0 Å². The van der Waals surface area contributed by atoms with Crippen LogP contribution in [0.4, 0.5) is 5.82 Å². The minimum absolute atomic E-state index is 0.0506. The fourth-order valence-corrected chi connectivity index (χ4v) is 2.49. The summed E-state index contributed by atoms with van der Waals surface area (Å²) in [7, 11) is 1.56. The van der Waals surface area contributed by atoms with Crippen LogP contribution >= 0.6 is 0 Å². The van der Waals surface area contributed by atoms with E-state index in [0.717, 1.165) is 5.56 Å². The highest BCUT2D eigenvalue weighted by molar-refractivity contribution is 5.94. The van der Waals surface area contributed by atoms with E-state index in [1.165, 1.54) is 4.90 Å². The molecule has 8 heteroatoms. The number of hydrogen-bond acceptors (Lipinski definition) is 6. The van der Waals surface area contributed by atoms with Crippen molar-refractivity contribution in [2.45, 2.75) is 20.3 Å². The molecule has 0 radical (unpaired) electrons. The van der Waals surface area contributed by atoms with Crippen molar-refractivity contribution in [3.8, 4) is 11.5 Å². The van der Waals surface area contributed by atoms with Gasteiger partial charge in [-0.1, -0.05) is 23.4 Å². The summed E-state index contributed by atoms with van der Waals surface area (Å²) < 4.78 is 10.5. The second-order valence-corrected chi connectivity index (χ2v) is 6.19. The average molecular weight is 368 g/mol. The van der Waals surface area contributed by atoms with Crippen molar-refractivity contribution >= 4 is 17.6 Å². The maximum absolute atomic E-state index is 12.4. The van der Waals surface area contributed by atoms with E-state index >= 15 is 0 Å². The Kier molecular flexibility index (Phi) is 5.35. The van der Waals surface area contributed by atoms with Gasteiger partial charge in [-0.25, -0.2) is 4.98 Å². The predicted octanol–water partition coefficient (Wildman–Crippen LogP) is 2.59. The van der Waals surface area contributed by atoms with Gasteiger partial charge in [0.2, 0.25) is 17.7 Å². The molecule has 0 unspecified atom stereocenters. The summed E-state index contributed by atoms with van der Waals surface area (Å²) in [4.78, 5) is 30.2. The lowest BCUT2D eigenvalue weighted by Gasteiger charge is -2.15. The molecular formula is C19H20N4O4. The van der Waals surface area contributed by atoms with Gasteiger partial charge in [-0.05, 0) is 26.0 Å². The minimum atomic E-state index is -0.360. The molecule has 1 aromatic carbocycles. The van der Waals surface area contributed by atoms with Crippen LogP contribution in [-0.4, -0.2) is 40.4 Å². The van der Waals surface area contributed by atoms with E-state index < -0.39 is 0 Å². The molecule has 3 aromatic rings. The van der Waals surface area contributed by atoms with Gasteiger partial charge in [-0.3, -0.25) is 9.59 Å². The van der Waals surface area contributed by atoms with E-state index in [4.69, 9.17) is 8.94 Å². The van der Waals surface area contributed by atoms with Gasteiger partial charge in [0.15, 0.2) is 5.82 Å². The van der Waals surface area contributed by atoms with Crippen molar-refractivity contribution in [1.82, 2.24) is 15.0 Å². The monoisotopic (exact) mass is 368 g/mol. The van der Waals surface area contributed by atoms with E-state index in [1.54, 1.807) is 27.0 Å². The van der Waals surface area contributed by atoms with Crippen LogP contribution < -0.4 is 5.32 Å². The number of aryl methyl sites for hydroxylation is 2. The van der Waals surface area contributed by atoms with Crippen LogP contribution in [0.25, 0.3) is 11.5 Å². The molecule has 0 bridgehead atoms. The smallest absolute Gasteiger partial charge is 0.245 e. The molecule has 0 aliphatic rings. The van der Waals surface area contributed by atoms with Crippen LogP contribution in [0.5, 0.6) is 0 Å². The lowest BCUT2D eigenvalue weighted by atomic mass is 10.2. The van der Waals surface area contributed by atoms with E-state index in [2.05, 4.69) is 15.5 Å². The number of hydrogen-bond donors (Lipinski definition) is 1. The lowest BCUT2D eigenvalue weighted by molar-refractivity contribution is -0.132. The normalized spacial score (nSPS) is 10.6. The zero-order valence-corrected chi connectivity index (χ0v) is 15.4. The molecule has 2 aromatic heterocycles. The number of rotatable bonds is 6. The van der Waals surface area contributed by atoms with Crippen molar-refractivity contribution in [1.29, 1.82) is 0 Å². The molecule has 27 heavy (non-hydrogen) atoms. The Morgan fingerprint density at radius 2 is 1.93 bits per heavy atom. The Labute approximate surface area is 156 Å². The first kappa shape index (κ1) is 18.4. The first-order chi connectivity index (χ1) is 12.9. The Morgan fingerprint density at radius 3 is 2.59 bits per heavy atom. The number of anilines is 1. The number of oxazole rings is 1. The minimum Gasteiger partial charge on any atom is -0.441 e. The molecule has 0 aliphatic carbocycles. The molecule has 0 saturated heterocycles. The maximum Gasteiger partial charge on any atom is 0.245 e. The maximum atomic E-state index is 12.4. The second-order valence-electron chi connectivity index (χ2n) is 6.19. The molecule has 0 spiro atoms. The highest BCUT2D eigenvalue weighted by atomic mass is 16.5. The van der Waals surface area contributed by atoms with Crippen molar-refractivity contribution in [3.63, 3.8) is 0 Å². The number of nitrogens with zero attached hydrogens (tertiary/aromatic N) is 3. The Bertz CT molecular complexity index is 946. The Balaban J connectivity index is 1.59. The molecule has 3 rings (SSSR count). The summed E-state index contributed by atoms with van der Waals surface area (Å²) in [5, 5.41) is 6.26. The third-order valence-electron chi connectivity index (χ3n) is 3.93. The summed E-state index contributed by atoms with van der Waals surface area (Å²) in [6.45, 7) is 3.39. The summed E-state index contributed by atoms with van der Waals surface area (Å²) in [6.07, 6.45) is 0.0506.